The predicted molar refractivity (Wildman–Crippen MR) is 56.1 cm³/mol. The lowest BCUT2D eigenvalue weighted by atomic mass is 10.2. The van der Waals surface area contributed by atoms with Gasteiger partial charge in [0, 0.05) is 6.07 Å². The highest BCUT2D eigenvalue weighted by atomic mass is 35.5. The fraction of sp³-hybridized carbons (Fsp3) is 0.182. The summed E-state index contributed by atoms with van der Waals surface area (Å²) < 4.78 is 31.4. The first-order chi connectivity index (χ1) is 7.61. The van der Waals surface area contributed by atoms with Gasteiger partial charge in [0.05, 0.1) is 17.1 Å². The van der Waals surface area contributed by atoms with Crippen LogP contribution >= 0.6 is 11.6 Å². The molecule has 0 saturated heterocycles. The second kappa shape index (κ2) is 4.22. The zero-order valence-corrected chi connectivity index (χ0v) is 9.18. The predicted octanol–water partition coefficient (Wildman–Crippen LogP) is 3.67. The summed E-state index contributed by atoms with van der Waals surface area (Å²) in [7, 11) is 0. The van der Waals surface area contributed by atoms with Crippen molar-refractivity contribution < 1.29 is 13.2 Å². The lowest BCUT2D eigenvalue weighted by Gasteiger charge is -1.97. The number of aromatic nitrogens is 1. The summed E-state index contributed by atoms with van der Waals surface area (Å²) in [5.74, 6) is -0.498. The molecule has 1 heterocycles. The van der Waals surface area contributed by atoms with Crippen molar-refractivity contribution in [2.45, 2.75) is 12.8 Å². The van der Waals surface area contributed by atoms with E-state index in [1.165, 1.54) is 6.07 Å². The number of benzene rings is 1. The van der Waals surface area contributed by atoms with E-state index in [0.717, 1.165) is 12.1 Å². The van der Waals surface area contributed by atoms with E-state index < -0.39 is 11.6 Å². The van der Waals surface area contributed by atoms with Gasteiger partial charge in [-0.25, -0.2) is 13.8 Å². The van der Waals surface area contributed by atoms with Gasteiger partial charge in [-0.1, -0.05) is 0 Å². The van der Waals surface area contributed by atoms with Gasteiger partial charge < -0.3 is 4.42 Å². The monoisotopic (exact) mass is 243 g/mol. The Hall–Kier alpha value is -1.42. The Morgan fingerprint density at radius 3 is 2.69 bits per heavy atom. The maximum Gasteiger partial charge on any atom is 0.229 e. The molecule has 2 aromatic rings. The number of hydrogen-bond donors (Lipinski definition) is 0. The molecule has 0 spiro atoms. The zero-order chi connectivity index (χ0) is 11.7. The van der Waals surface area contributed by atoms with Crippen LogP contribution in [0.2, 0.25) is 0 Å². The van der Waals surface area contributed by atoms with E-state index in [1.807, 2.05) is 0 Å². The Morgan fingerprint density at radius 2 is 2.12 bits per heavy atom. The number of alkyl halides is 1. The van der Waals surface area contributed by atoms with Gasteiger partial charge in [-0.05, 0) is 19.1 Å². The zero-order valence-electron chi connectivity index (χ0n) is 8.43. The topological polar surface area (TPSA) is 26.0 Å². The van der Waals surface area contributed by atoms with Crippen LogP contribution < -0.4 is 0 Å². The van der Waals surface area contributed by atoms with Crippen LogP contribution in [0, 0.1) is 18.6 Å². The number of hydrogen-bond acceptors (Lipinski definition) is 2. The summed E-state index contributed by atoms with van der Waals surface area (Å²) in [6, 6.07) is 3.22. The average molecular weight is 244 g/mol. The highest BCUT2D eigenvalue weighted by molar-refractivity contribution is 6.16. The summed E-state index contributed by atoms with van der Waals surface area (Å²) >= 11 is 5.62. The lowest BCUT2D eigenvalue weighted by Crippen LogP contribution is -1.87. The minimum absolute atomic E-state index is 0.116. The van der Waals surface area contributed by atoms with E-state index in [-0.39, 0.29) is 17.3 Å². The third kappa shape index (κ3) is 1.93. The largest absolute Gasteiger partial charge is 0.441 e. The van der Waals surface area contributed by atoms with Gasteiger partial charge in [-0.3, -0.25) is 0 Å². The molecule has 16 heavy (non-hydrogen) atoms. The van der Waals surface area contributed by atoms with Crippen molar-refractivity contribution in [3.05, 3.63) is 41.3 Å². The number of rotatable bonds is 2. The first-order valence-electron chi connectivity index (χ1n) is 4.59. The van der Waals surface area contributed by atoms with Gasteiger partial charge in [0.1, 0.15) is 17.4 Å². The number of aryl methyl sites for hydroxylation is 1. The standard InChI is InChI=1S/C11H8ClF2NO/c1-6-10(5-12)15-11(16-6)8-3-2-7(13)4-9(8)14/h2-4H,5H2,1H3. The number of oxazole rings is 1. The summed E-state index contributed by atoms with van der Waals surface area (Å²) in [6.45, 7) is 1.69. The van der Waals surface area contributed by atoms with Crippen LogP contribution in [-0.2, 0) is 5.88 Å². The smallest absolute Gasteiger partial charge is 0.229 e. The lowest BCUT2D eigenvalue weighted by molar-refractivity contribution is 0.530. The highest BCUT2D eigenvalue weighted by Gasteiger charge is 2.14. The molecule has 0 saturated carbocycles. The quantitative estimate of drug-likeness (QED) is 0.753. The molecule has 0 aliphatic heterocycles. The molecule has 0 N–H and O–H groups in total. The molecule has 0 radical (unpaired) electrons. The van der Waals surface area contributed by atoms with E-state index >= 15 is 0 Å². The van der Waals surface area contributed by atoms with Crippen LogP contribution in [0.15, 0.2) is 22.6 Å². The molecule has 0 aliphatic rings. The summed E-state index contributed by atoms with van der Waals surface area (Å²) in [4.78, 5) is 4.03. The van der Waals surface area contributed by atoms with Crippen molar-refractivity contribution in [1.29, 1.82) is 0 Å². The van der Waals surface area contributed by atoms with E-state index in [0.29, 0.717) is 11.5 Å². The Balaban J connectivity index is 2.50. The molecule has 2 nitrogen and oxygen atoms in total. The van der Waals surface area contributed by atoms with Crippen molar-refractivity contribution in [3.63, 3.8) is 0 Å². The first-order valence-corrected chi connectivity index (χ1v) is 5.13. The highest BCUT2D eigenvalue weighted by Crippen LogP contribution is 2.25. The Morgan fingerprint density at radius 1 is 1.38 bits per heavy atom. The Kier molecular flexibility index (Phi) is 2.92. The van der Waals surface area contributed by atoms with Crippen molar-refractivity contribution in [2.75, 3.05) is 0 Å². The average Bonchev–Trinajstić information content (AvgIpc) is 2.59. The fourth-order valence-electron chi connectivity index (χ4n) is 1.33. The number of nitrogens with zero attached hydrogens (tertiary/aromatic N) is 1. The molecular weight excluding hydrogens is 236 g/mol. The van der Waals surface area contributed by atoms with Crippen molar-refractivity contribution in [2.24, 2.45) is 0 Å². The summed E-state index contributed by atoms with van der Waals surface area (Å²) in [5, 5.41) is 0. The maximum absolute atomic E-state index is 13.4. The molecule has 5 heteroatoms. The summed E-state index contributed by atoms with van der Waals surface area (Å²) in [6.07, 6.45) is 0. The molecule has 0 unspecified atom stereocenters. The van der Waals surface area contributed by atoms with Crippen LogP contribution in [0.4, 0.5) is 8.78 Å². The number of halogens is 3. The molecule has 0 amide bonds. The minimum Gasteiger partial charge on any atom is -0.441 e. The second-order valence-electron chi connectivity index (χ2n) is 3.28. The molecule has 0 fully saturated rings. The molecule has 0 bridgehead atoms. The van der Waals surface area contributed by atoms with Gasteiger partial charge >= 0.3 is 0 Å². The van der Waals surface area contributed by atoms with Crippen molar-refractivity contribution in [3.8, 4) is 11.5 Å². The summed E-state index contributed by atoms with van der Waals surface area (Å²) in [5.41, 5.74) is 0.682. The van der Waals surface area contributed by atoms with Crippen LogP contribution in [-0.4, -0.2) is 4.98 Å². The maximum atomic E-state index is 13.4. The first kappa shape index (κ1) is 11.1. The Labute approximate surface area is 95.9 Å². The second-order valence-corrected chi connectivity index (χ2v) is 3.55. The van der Waals surface area contributed by atoms with Gasteiger partial charge in [0.2, 0.25) is 5.89 Å². The van der Waals surface area contributed by atoms with Crippen LogP contribution in [0.25, 0.3) is 11.5 Å². The molecule has 84 valence electrons. The van der Waals surface area contributed by atoms with E-state index in [2.05, 4.69) is 4.98 Å². The molecule has 1 aromatic heterocycles. The van der Waals surface area contributed by atoms with Crippen LogP contribution in [0.1, 0.15) is 11.5 Å². The normalized spacial score (nSPS) is 10.8. The van der Waals surface area contributed by atoms with Gasteiger partial charge in [-0.15, -0.1) is 11.6 Å². The minimum atomic E-state index is -0.706. The Bertz CT molecular complexity index is 525. The van der Waals surface area contributed by atoms with Crippen molar-refractivity contribution >= 4 is 11.6 Å². The van der Waals surface area contributed by atoms with Gasteiger partial charge in [0.25, 0.3) is 0 Å². The SMILES string of the molecule is Cc1oc(-c2ccc(F)cc2F)nc1CCl. The van der Waals surface area contributed by atoms with Gasteiger partial charge in [0.15, 0.2) is 0 Å². The third-order valence-electron chi connectivity index (χ3n) is 2.18. The van der Waals surface area contributed by atoms with E-state index in [4.69, 9.17) is 16.0 Å². The van der Waals surface area contributed by atoms with Gasteiger partial charge in [-0.2, -0.15) is 0 Å². The molecule has 0 aliphatic carbocycles. The van der Waals surface area contributed by atoms with Crippen LogP contribution in [0.3, 0.4) is 0 Å². The van der Waals surface area contributed by atoms with Crippen molar-refractivity contribution in [1.82, 2.24) is 4.98 Å². The third-order valence-corrected chi connectivity index (χ3v) is 2.43. The molecule has 0 atom stereocenters. The molecule has 2 rings (SSSR count). The molecule has 1 aromatic carbocycles. The van der Waals surface area contributed by atoms with E-state index in [9.17, 15) is 8.78 Å². The van der Waals surface area contributed by atoms with Crippen LogP contribution in [0.5, 0.6) is 0 Å². The van der Waals surface area contributed by atoms with E-state index in [1.54, 1.807) is 6.92 Å². The fourth-order valence-corrected chi connectivity index (χ4v) is 1.58. The molecular formula is C11H8ClF2NO.